The minimum Gasteiger partial charge on any atom is -0.480 e. The lowest BCUT2D eigenvalue weighted by Crippen LogP contribution is -2.54. The van der Waals surface area contributed by atoms with E-state index in [2.05, 4.69) is 4.72 Å². The molecule has 0 spiro atoms. The molecule has 0 saturated heterocycles. The normalized spacial score (nSPS) is 20.8. The van der Waals surface area contributed by atoms with Gasteiger partial charge < -0.3 is 5.11 Å². The first-order valence-corrected chi connectivity index (χ1v) is 9.27. The van der Waals surface area contributed by atoms with Gasteiger partial charge in [0.1, 0.15) is 10.7 Å². The topological polar surface area (TPSA) is 86.7 Å². The van der Waals surface area contributed by atoms with Crippen LogP contribution in [0.3, 0.4) is 0 Å². The zero-order chi connectivity index (χ0) is 19.7. The van der Waals surface area contributed by atoms with Crippen molar-refractivity contribution in [2.24, 2.45) is 0 Å². The van der Waals surface area contributed by atoms with Crippen molar-refractivity contribution in [3.8, 4) is 0 Å². The van der Waals surface area contributed by atoms with E-state index in [1.54, 1.807) is 11.8 Å². The highest BCUT2D eigenvalue weighted by Crippen LogP contribution is 2.32. The first-order chi connectivity index (χ1) is 11.9. The molecule has 1 aromatic rings. The molecule has 6 nitrogen and oxygen atoms in total. The summed E-state index contributed by atoms with van der Waals surface area (Å²) >= 11 is 0. The number of carboxylic acids is 1. The van der Waals surface area contributed by atoms with Gasteiger partial charge >= 0.3 is 12.1 Å². The number of nitrogens with zero attached hydrogens (tertiary/aromatic N) is 1. The van der Waals surface area contributed by atoms with Crippen molar-refractivity contribution in [3.05, 3.63) is 29.6 Å². The van der Waals surface area contributed by atoms with Crippen LogP contribution >= 0.6 is 0 Å². The number of nitrogens with one attached hydrogen (secondary N) is 1. The number of sulfonamides is 1. The van der Waals surface area contributed by atoms with Gasteiger partial charge in [-0.05, 0) is 37.6 Å². The second-order valence-electron chi connectivity index (χ2n) is 6.04. The number of aliphatic carboxylic acids is 1. The number of hydrogen-bond acceptors (Lipinski definition) is 4. The van der Waals surface area contributed by atoms with Gasteiger partial charge in [0.15, 0.2) is 0 Å². The maximum absolute atomic E-state index is 13.9. The number of benzene rings is 1. The largest absolute Gasteiger partial charge is 0.480 e. The second-order valence-corrected chi connectivity index (χ2v) is 7.73. The van der Waals surface area contributed by atoms with E-state index in [-0.39, 0.29) is 18.7 Å². The van der Waals surface area contributed by atoms with Gasteiger partial charge in [0, 0.05) is 12.1 Å². The first-order valence-electron chi connectivity index (χ1n) is 7.79. The molecule has 1 aliphatic carbocycles. The van der Waals surface area contributed by atoms with Crippen LogP contribution in [0.2, 0.25) is 0 Å². The summed E-state index contributed by atoms with van der Waals surface area (Å²) in [5, 5.41) is 8.82. The quantitative estimate of drug-likeness (QED) is 0.687. The Morgan fingerprint density at radius 3 is 2.42 bits per heavy atom. The van der Waals surface area contributed by atoms with Crippen LogP contribution in [-0.2, 0) is 21.0 Å². The van der Waals surface area contributed by atoms with Crippen molar-refractivity contribution in [3.63, 3.8) is 0 Å². The molecule has 146 valence electrons. The van der Waals surface area contributed by atoms with Gasteiger partial charge in [-0.2, -0.15) is 13.2 Å². The monoisotopic (exact) mass is 398 g/mol. The lowest BCUT2D eigenvalue weighted by molar-refractivity contribution is -0.139. The molecular formula is C15H18F4N2O4S. The van der Waals surface area contributed by atoms with E-state index in [1.807, 2.05) is 0 Å². The molecule has 1 aliphatic rings. The number of likely N-dealkylation sites (N-methyl/N-ethyl adjacent to an activating group) is 1. The number of rotatable bonds is 7. The molecule has 0 radical (unpaired) electrons. The molecule has 0 aliphatic heterocycles. The summed E-state index contributed by atoms with van der Waals surface area (Å²) < 4.78 is 78.1. The van der Waals surface area contributed by atoms with Crippen LogP contribution < -0.4 is 4.72 Å². The van der Waals surface area contributed by atoms with Gasteiger partial charge in [-0.25, -0.2) is 17.5 Å². The van der Waals surface area contributed by atoms with Gasteiger partial charge in [0.05, 0.1) is 12.1 Å². The Balaban J connectivity index is 2.04. The van der Waals surface area contributed by atoms with E-state index in [0.717, 1.165) is 0 Å². The third-order valence-corrected chi connectivity index (χ3v) is 5.80. The Morgan fingerprint density at radius 1 is 1.35 bits per heavy atom. The zero-order valence-electron chi connectivity index (χ0n) is 13.8. The van der Waals surface area contributed by atoms with Crippen LogP contribution in [0.15, 0.2) is 23.1 Å². The minimum atomic E-state index is -4.77. The van der Waals surface area contributed by atoms with Gasteiger partial charge in [-0.3, -0.25) is 9.69 Å². The fourth-order valence-electron chi connectivity index (χ4n) is 2.83. The molecule has 0 aromatic heterocycles. The second kappa shape index (κ2) is 7.49. The Bertz CT molecular complexity index is 776. The van der Waals surface area contributed by atoms with E-state index in [0.29, 0.717) is 31.5 Å². The molecule has 26 heavy (non-hydrogen) atoms. The van der Waals surface area contributed by atoms with Gasteiger partial charge in [-0.1, -0.05) is 6.92 Å². The molecule has 1 aromatic carbocycles. The third kappa shape index (κ3) is 4.71. The molecular weight excluding hydrogens is 380 g/mol. The van der Waals surface area contributed by atoms with Crippen LogP contribution in [-0.4, -0.2) is 49.6 Å². The number of halogens is 4. The van der Waals surface area contributed by atoms with E-state index in [9.17, 15) is 30.8 Å². The minimum absolute atomic E-state index is 0.124. The highest BCUT2D eigenvalue weighted by Gasteiger charge is 2.37. The van der Waals surface area contributed by atoms with Crippen molar-refractivity contribution < 1.29 is 35.9 Å². The molecule has 0 bridgehead atoms. The molecule has 1 fully saturated rings. The van der Waals surface area contributed by atoms with Crippen molar-refractivity contribution in [1.82, 2.24) is 9.62 Å². The average molecular weight is 398 g/mol. The van der Waals surface area contributed by atoms with E-state index >= 15 is 0 Å². The summed E-state index contributed by atoms with van der Waals surface area (Å²) in [6.45, 7) is 2.08. The SMILES string of the molecule is CCN(CC(=O)O)C1CC(NS(=O)(=O)c2ccc(C(F)(F)F)cc2F)C1. The van der Waals surface area contributed by atoms with Gasteiger partial charge in [-0.15, -0.1) is 0 Å². The highest BCUT2D eigenvalue weighted by molar-refractivity contribution is 7.89. The van der Waals surface area contributed by atoms with Crippen molar-refractivity contribution in [2.45, 2.75) is 42.9 Å². The number of carbonyl (C=O) groups is 1. The molecule has 0 heterocycles. The maximum Gasteiger partial charge on any atom is 0.416 e. The van der Waals surface area contributed by atoms with Crippen LogP contribution in [0.4, 0.5) is 17.6 Å². The van der Waals surface area contributed by atoms with Crippen LogP contribution in [0.25, 0.3) is 0 Å². The summed E-state index contributed by atoms with van der Waals surface area (Å²) in [6, 6.07) is 0.576. The fourth-order valence-corrected chi connectivity index (χ4v) is 4.15. The van der Waals surface area contributed by atoms with Gasteiger partial charge in [0.2, 0.25) is 10.0 Å². The van der Waals surface area contributed by atoms with E-state index in [1.165, 1.54) is 0 Å². The molecule has 0 unspecified atom stereocenters. The molecule has 1 saturated carbocycles. The predicted molar refractivity (Wildman–Crippen MR) is 83.4 cm³/mol. The highest BCUT2D eigenvalue weighted by atomic mass is 32.2. The summed E-state index contributed by atoms with van der Waals surface area (Å²) in [4.78, 5) is 11.6. The summed E-state index contributed by atoms with van der Waals surface area (Å²) in [5.74, 6) is -2.48. The third-order valence-electron chi connectivity index (χ3n) is 4.24. The van der Waals surface area contributed by atoms with Crippen LogP contribution in [0, 0.1) is 5.82 Å². The smallest absolute Gasteiger partial charge is 0.416 e. The zero-order valence-corrected chi connectivity index (χ0v) is 14.6. The summed E-state index contributed by atoms with van der Waals surface area (Å²) in [7, 11) is -4.32. The number of alkyl halides is 3. The van der Waals surface area contributed by atoms with Crippen molar-refractivity contribution in [2.75, 3.05) is 13.1 Å². The van der Waals surface area contributed by atoms with Crippen LogP contribution in [0.5, 0.6) is 0 Å². The van der Waals surface area contributed by atoms with E-state index in [4.69, 9.17) is 5.11 Å². The van der Waals surface area contributed by atoms with E-state index < -0.39 is 44.5 Å². The summed E-state index contributed by atoms with van der Waals surface area (Å²) in [5.41, 5.74) is -1.27. The maximum atomic E-state index is 13.9. The summed E-state index contributed by atoms with van der Waals surface area (Å²) in [6.07, 6.45) is -4.10. The Kier molecular flexibility index (Phi) is 5.93. The molecule has 2 rings (SSSR count). The molecule has 0 amide bonds. The molecule has 2 N–H and O–H groups in total. The van der Waals surface area contributed by atoms with Crippen LogP contribution in [0.1, 0.15) is 25.3 Å². The lowest BCUT2D eigenvalue weighted by Gasteiger charge is -2.42. The van der Waals surface area contributed by atoms with Gasteiger partial charge in [0.25, 0.3) is 0 Å². The molecule has 11 heteroatoms. The van der Waals surface area contributed by atoms with Crippen molar-refractivity contribution >= 4 is 16.0 Å². The number of hydrogen-bond donors (Lipinski definition) is 2. The predicted octanol–water partition coefficient (Wildman–Crippen LogP) is 2.06. The molecule has 0 atom stereocenters. The standard InChI is InChI=1S/C15H18F4N2O4S/c1-2-21(8-14(22)23)11-6-10(7-11)20-26(24,25)13-4-3-9(5-12(13)16)15(17,18)19/h3-5,10-11,20H,2,6-8H2,1H3,(H,22,23). The van der Waals surface area contributed by atoms with Crippen molar-refractivity contribution in [1.29, 1.82) is 0 Å². The lowest BCUT2D eigenvalue weighted by atomic mass is 9.86. The average Bonchev–Trinajstić information content (AvgIpc) is 2.47. The Hall–Kier alpha value is -1.72. The Morgan fingerprint density at radius 2 is 1.96 bits per heavy atom. The first kappa shape index (κ1) is 20.6. The fraction of sp³-hybridized carbons (Fsp3) is 0.533. The Labute approximate surface area is 147 Å². The number of carboxylic acid groups (broad SMARTS) is 1.